The van der Waals surface area contributed by atoms with Crippen molar-refractivity contribution < 1.29 is 29.0 Å². The van der Waals surface area contributed by atoms with Gasteiger partial charge in [0.25, 0.3) is 0 Å². The highest BCUT2D eigenvalue weighted by Gasteiger charge is 2.36. The highest BCUT2D eigenvalue weighted by molar-refractivity contribution is 6.01. The zero-order valence-corrected chi connectivity index (χ0v) is 15.9. The van der Waals surface area contributed by atoms with Gasteiger partial charge in [-0.25, -0.2) is 0 Å². The van der Waals surface area contributed by atoms with Crippen LogP contribution in [0.3, 0.4) is 0 Å². The van der Waals surface area contributed by atoms with Crippen molar-refractivity contribution in [2.24, 2.45) is 11.8 Å². The summed E-state index contributed by atoms with van der Waals surface area (Å²) in [6.45, 7) is 2.19. The molecule has 8 nitrogen and oxygen atoms in total. The van der Waals surface area contributed by atoms with E-state index in [1.54, 1.807) is 25.3 Å². The van der Waals surface area contributed by atoms with E-state index in [1.807, 2.05) is 6.92 Å². The Balaban J connectivity index is 2.04. The van der Waals surface area contributed by atoms with Gasteiger partial charge >= 0.3 is 5.97 Å². The van der Waals surface area contributed by atoms with Crippen LogP contribution in [0.5, 0.6) is 11.5 Å². The largest absolute Gasteiger partial charge is 0.497 e. The van der Waals surface area contributed by atoms with Gasteiger partial charge in [-0.15, -0.1) is 0 Å². The smallest absolute Gasteiger partial charge is 0.308 e. The van der Waals surface area contributed by atoms with Gasteiger partial charge in [0.15, 0.2) is 0 Å². The van der Waals surface area contributed by atoms with Crippen LogP contribution in [-0.2, 0) is 14.4 Å². The lowest BCUT2D eigenvalue weighted by Gasteiger charge is -2.20. The van der Waals surface area contributed by atoms with Crippen LogP contribution in [0, 0.1) is 11.8 Å². The van der Waals surface area contributed by atoms with E-state index in [4.69, 9.17) is 9.47 Å². The maximum atomic E-state index is 12.4. The molecule has 2 amide bonds. The first-order valence-electron chi connectivity index (χ1n) is 8.94. The minimum atomic E-state index is -0.927. The number of benzene rings is 1. The number of carbonyl (C=O) groups excluding carboxylic acids is 2. The molecule has 2 rings (SSSR count). The molecular formula is C19H26N2O6. The fourth-order valence-corrected chi connectivity index (χ4v) is 3.15. The van der Waals surface area contributed by atoms with Crippen molar-refractivity contribution in [1.82, 2.24) is 5.32 Å². The van der Waals surface area contributed by atoms with Crippen LogP contribution in [0.15, 0.2) is 18.2 Å². The van der Waals surface area contributed by atoms with E-state index in [0.717, 1.165) is 6.42 Å². The predicted octanol–water partition coefficient (Wildman–Crippen LogP) is 1.67. The number of aliphatic carboxylic acids is 1. The maximum absolute atomic E-state index is 12.4. The normalized spacial score (nSPS) is 17.5. The van der Waals surface area contributed by atoms with Crippen LogP contribution in [0.1, 0.15) is 26.2 Å². The molecule has 8 heteroatoms. The molecule has 148 valence electrons. The van der Waals surface area contributed by atoms with Gasteiger partial charge in [-0.3, -0.25) is 14.4 Å². The SMILES string of the molecule is CCCC(CNC(=O)C1CC(=O)N(c2ccc(OC)cc2OC)C1)C(=O)O. The van der Waals surface area contributed by atoms with Gasteiger partial charge in [0.05, 0.1) is 31.7 Å². The Morgan fingerprint density at radius 3 is 2.67 bits per heavy atom. The maximum Gasteiger partial charge on any atom is 0.308 e. The number of amides is 2. The topological polar surface area (TPSA) is 105 Å². The number of hydrogen-bond donors (Lipinski definition) is 2. The summed E-state index contributed by atoms with van der Waals surface area (Å²) in [7, 11) is 3.04. The minimum Gasteiger partial charge on any atom is -0.497 e. The van der Waals surface area contributed by atoms with Crippen LogP contribution in [0.25, 0.3) is 0 Å². The van der Waals surface area contributed by atoms with Crippen LogP contribution in [0.4, 0.5) is 5.69 Å². The van der Waals surface area contributed by atoms with Crippen LogP contribution >= 0.6 is 0 Å². The summed E-state index contributed by atoms with van der Waals surface area (Å²) in [5.41, 5.74) is 0.577. The van der Waals surface area contributed by atoms with E-state index in [2.05, 4.69) is 5.32 Å². The zero-order valence-electron chi connectivity index (χ0n) is 15.9. The molecule has 2 N–H and O–H groups in total. The van der Waals surface area contributed by atoms with Crippen LogP contribution < -0.4 is 19.7 Å². The number of ether oxygens (including phenoxy) is 2. The average Bonchev–Trinajstić information content (AvgIpc) is 3.05. The highest BCUT2D eigenvalue weighted by Crippen LogP contribution is 2.35. The quantitative estimate of drug-likeness (QED) is 0.677. The van der Waals surface area contributed by atoms with Gasteiger partial charge in [-0.1, -0.05) is 13.3 Å². The van der Waals surface area contributed by atoms with Gasteiger partial charge in [-0.05, 0) is 18.6 Å². The van der Waals surface area contributed by atoms with Crippen molar-refractivity contribution >= 4 is 23.5 Å². The standard InChI is InChI=1S/C19H26N2O6/c1-4-5-12(19(24)25)10-20-18(23)13-8-17(22)21(11-13)15-7-6-14(26-2)9-16(15)27-3/h6-7,9,12-13H,4-5,8,10-11H2,1-3H3,(H,20,23)(H,24,25). The molecule has 0 aromatic heterocycles. The predicted molar refractivity (Wildman–Crippen MR) is 99.0 cm³/mol. The molecule has 0 bridgehead atoms. The van der Waals surface area contributed by atoms with E-state index in [9.17, 15) is 19.5 Å². The van der Waals surface area contributed by atoms with Gasteiger partial charge < -0.3 is 24.8 Å². The van der Waals surface area contributed by atoms with Crippen molar-refractivity contribution in [2.75, 3.05) is 32.2 Å². The molecular weight excluding hydrogens is 352 g/mol. The molecule has 0 spiro atoms. The molecule has 1 aliphatic rings. The molecule has 1 aliphatic heterocycles. The van der Waals surface area contributed by atoms with E-state index in [0.29, 0.717) is 23.6 Å². The molecule has 1 saturated heterocycles. The number of nitrogens with one attached hydrogen (secondary N) is 1. The van der Waals surface area contributed by atoms with Gasteiger partial charge in [0.1, 0.15) is 11.5 Å². The van der Waals surface area contributed by atoms with Crippen molar-refractivity contribution in [2.45, 2.75) is 26.2 Å². The third-order valence-corrected chi connectivity index (χ3v) is 4.68. The number of nitrogens with zero attached hydrogens (tertiary/aromatic N) is 1. The number of hydrogen-bond acceptors (Lipinski definition) is 5. The fourth-order valence-electron chi connectivity index (χ4n) is 3.15. The van der Waals surface area contributed by atoms with E-state index in [-0.39, 0.29) is 31.3 Å². The van der Waals surface area contributed by atoms with E-state index >= 15 is 0 Å². The Hall–Kier alpha value is -2.77. The van der Waals surface area contributed by atoms with E-state index in [1.165, 1.54) is 12.0 Å². The lowest BCUT2D eigenvalue weighted by atomic mass is 10.0. The monoisotopic (exact) mass is 378 g/mol. The van der Waals surface area contributed by atoms with Crippen molar-refractivity contribution in [1.29, 1.82) is 0 Å². The Bertz CT molecular complexity index is 705. The summed E-state index contributed by atoms with van der Waals surface area (Å²) in [5.74, 6) is -1.47. The van der Waals surface area contributed by atoms with Gasteiger partial charge in [0, 0.05) is 25.6 Å². The zero-order chi connectivity index (χ0) is 20.0. The third kappa shape index (κ3) is 4.90. The number of carbonyl (C=O) groups is 3. The summed E-state index contributed by atoms with van der Waals surface area (Å²) in [5, 5.41) is 11.9. The summed E-state index contributed by atoms with van der Waals surface area (Å²) in [4.78, 5) is 37.6. The van der Waals surface area contributed by atoms with Crippen molar-refractivity contribution in [3.8, 4) is 11.5 Å². The molecule has 0 radical (unpaired) electrons. The number of rotatable bonds is 9. The first-order chi connectivity index (χ1) is 12.9. The molecule has 2 atom stereocenters. The number of carboxylic acids is 1. The van der Waals surface area contributed by atoms with Gasteiger partial charge in [-0.2, -0.15) is 0 Å². The average molecular weight is 378 g/mol. The van der Waals surface area contributed by atoms with Gasteiger partial charge in [0.2, 0.25) is 11.8 Å². The van der Waals surface area contributed by atoms with Crippen molar-refractivity contribution in [3.63, 3.8) is 0 Å². The molecule has 0 aliphatic carbocycles. The highest BCUT2D eigenvalue weighted by atomic mass is 16.5. The summed E-state index contributed by atoms with van der Waals surface area (Å²) in [6, 6.07) is 5.12. The Kier molecular flexibility index (Phi) is 7.04. The fraction of sp³-hybridized carbons (Fsp3) is 0.526. The Morgan fingerprint density at radius 2 is 2.07 bits per heavy atom. The van der Waals surface area contributed by atoms with Crippen LogP contribution in [-0.4, -0.2) is 50.2 Å². The first kappa shape index (κ1) is 20.5. The first-order valence-corrected chi connectivity index (χ1v) is 8.94. The Morgan fingerprint density at radius 1 is 1.33 bits per heavy atom. The molecule has 1 aromatic rings. The lowest BCUT2D eigenvalue weighted by Crippen LogP contribution is -2.37. The molecule has 27 heavy (non-hydrogen) atoms. The summed E-state index contributed by atoms with van der Waals surface area (Å²) >= 11 is 0. The summed E-state index contributed by atoms with van der Waals surface area (Å²) < 4.78 is 10.5. The van der Waals surface area contributed by atoms with E-state index < -0.39 is 17.8 Å². The number of carboxylic acid groups (broad SMARTS) is 1. The second-order valence-electron chi connectivity index (χ2n) is 6.51. The summed E-state index contributed by atoms with van der Waals surface area (Å²) in [6.07, 6.45) is 1.29. The molecule has 1 heterocycles. The lowest BCUT2D eigenvalue weighted by molar-refractivity contribution is -0.142. The minimum absolute atomic E-state index is 0.0680. The molecule has 1 aromatic carbocycles. The molecule has 1 fully saturated rings. The number of anilines is 1. The second kappa shape index (κ2) is 9.25. The molecule has 0 saturated carbocycles. The third-order valence-electron chi connectivity index (χ3n) is 4.68. The van der Waals surface area contributed by atoms with Crippen molar-refractivity contribution in [3.05, 3.63) is 18.2 Å². The second-order valence-corrected chi connectivity index (χ2v) is 6.51. The molecule has 2 unspecified atom stereocenters. The number of methoxy groups -OCH3 is 2. The van der Waals surface area contributed by atoms with Crippen LogP contribution in [0.2, 0.25) is 0 Å². The Labute approximate surface area is 158 Å².